The van der Waals surface area contributed by atoms with Gasteiger partial charge >= 0.3 is 0 Å². The van der Waals surface area contributed by atoms with Gasteiger partial charge in [-0.25, -0.2) is 4.39 Å². The highest BCUT2D eigenvalue weighted by atomic mass is 19.1. The Morgan fingerprint density at radius 1 is 1.12 bits per heavy atom. The maximum absolute atomic E-state index is 13.3. The summed E-state index contributed by atoms with van der Waals surface area (Å²) in [5, 5.41) is 2.88. The van der Waals surface area contributed by atoms with Gasteiger partial charge in [0.15, 0.2) is 0 Å². The van der Waals surface area contributed by atoms with Gasteiger partial charge in [-0.3, -0.25) is 14.4 Å². The highest BCUT2D eigenvalue weighted by Crippen LogP contribution is 2.21. The summed E-state index contributed by atoms with van der Waals surface area (Å²) in [7, 11) is 0. The predicted octanol–water partition coefficient (Wildman–Crippen LogP) is 3.86. The molecule has 0 radical (unpaired) electrons. The van der Waals surface area contributed by atoms with Crippen molar-refractivity contribution in [1.29, 1.82) is 0 Å². The van der Waals surface area contributed by atoms with Crippen molar-refractivity contribution in [3.05, 3.63) is 65.5 Å². The van der Waals surface area contributed by atoms with Crippen LogP contribution in [0.4, 0.5) is 10.1 Å². The average Bonchev–Trinajstić information content (AvgIpc) is 2.80. The summed E-state index contributed by atoms with van der Waals surface area (Å²) in [4.78, 5) is 41.9. The van der Waals surface area contributed by atoms with E-state index < -0.39 is 5.82 Å². The minimum atomic E-state index is -0.396. The van der Waals surface area contributed by atoms with Crippen molar-refractivity contribution in [1.82, 2.24) is 9.80 Å². The molecule has 2 aromatic rings. The molecule has 170 valence electrons. The molecule has 1 atom stereocenters. The summed E-state index contributed by atoms with van der Waals surface area (Å²) < 4.78 is 13.2. The van der Waals surface area contributed by atoms with E-state index in [1.165, 1.54) is 24.3 Å². The summed E-state index contributed by atoms with van der Waals surface area (Å²) in [6.07, 6.45) is 2.11. The maximum atomic E-state index is 13.3. The lowest BCUT2D eigenvalue weighted by Crippen LogP contribution is -2.48. The molecule has 1 aliphatic heterocycles. The van der Waals surface area contributed by atoms with Crippen LogP contribution in [0.15, 0.2) is 48.5 Å². The van der Waals surface area contributed by atoms with E-state index in [-0.39, 0.29) is 30.2 Å². The third-order valence-electron chi connectivity index (χ3n) is 5.71. The van der Waals surface area contributed by atoms with E-state index in [0.717, 1.165) is 17.7 Å². The molecule has 1 aliphatic rings. The Balaban J connectivity index is 1.64. The number of hydrogen-bond donors (Lipinski definition) is 1. The molecule has 3 amide bonds. The summed E-state index contributed by atoms with van der Waals surface area (Å²) in [6, 6.07) is 12.9. The zero-order valence-electron chi connectivity index (χ0n) is 18.6. The minimum Gasteiger partial charge on any atom is -0.338 e. The monoisotopic (exact) mass is 439 g/mol. The van der Waals surface area contributed by atoms with Crippen LogP contribution in [0.1, 0.15) is 42.1 Å². The van der Waals surface area contributed by atoms with E-state index in [1.807, 2.05) is 38.1 Å². The highest BCUT2D eigenvalue weighted by Gasteiger charge is 2.32. The number of aryl methyl sites for hydroxylation is 1. The zero-order valence-corrected chi connectivity index (χ0v) is 18.6. The largest absolute Gasteiger partial charge is 0.338 e. The van der Waals surface area contributed by atoms with Crippen molar-refractivity contribution in [2.45, 2.75) is 33.1 Å². The van der Waals surface area contributed by atoms with E-state index in [2.05, 4.69) is 5.32 Å². The van der Waals surface area contributed by atoms with Crippen molar-refractivity contribution >= 4 is 23.4 Å². The molecule has 1 fully saturated rings. The fourth-order valence-corrected chi connectivity index (χ4v) is 4.01. The Morgan fingerprint density at radius 3 is 2.53 bits per heavy atom. The van der Waals surface area contributed by atoms with E-state index in [4.69, 9.17) is 0 Å². The Bertz CT molecular complexity index is 961. The second-order valence-corrected chi connectivity index (χ2v) is 8.22. The summed E-state index contributed by atoms with van der Waals surface area (Å²) >= 11 is 0. The number of rotatable bonds is 7. The van der Waals surface area contributed by atoms with E-state index in [9.17, 15) is 18.8 Å². The molecule has 0 saturated carbocycles. The van der Waals surface area contributed by atoms with Crippen LogP contribution in [0.3, 0.4) is 0 Å². The molecule has 1 N–H and O–H groups in total. The Kier molecular flexibility index (Phi) is 7.98. The van der Waals surface area contributed by atoms with Crippen molar-refractivity contribution in [2.75, 3.05) is 31.5 Å². The standard InChI is InChI=1S/C25H30FN3O3/c1-3-14-28(17-23(30)27-22-9-5-4-7-18(22)2)25(32)20-8-6-15-29(16-20)24(31)19-10-12-21(26)13-11-19/h4-5,7,9-13,20H,3,6,8,14-17H2,1-2H3,(H,27,30). The first-order chi connectivity index (χ1) is 15.4. The number of carbonyl (C=O) groups is 3. The van der Waals surface area contributed by atoms with Crippen molar-refractivity contribution in [3.8, 4) is 0 Å². The average molecular weight is 440 g/mol. The normalized spacial score (nSPS) is 15.8. The quantitative estimate of drug-likeness (QED) is 0.712. The molecule has 6 nitrogen and oxygen atoms in total. The van der Waals surface area contributed by atoms with Crippen molar-refractivity contribution in [3.63, 3.8) is 0 Å². The topological polar surface area (TPSA) is 69.7 Å². The van der Waals surface area contributed by atoms with Gasteiger partial charge in [-0.05, 0) is 62.1 Å². The Morgan fingerprint density at radius 2 is 1.84 bits per heavy atom. The van der Waals surface area contributed by atoms with Gasteiger partial charge in [0.05, 0.1) is 12.5 Å². The Hall–Kier alpha value is -3.22. The number of halogens is 1. The van der Waals surface area contributed by atoms with E-state index >= 15 is 0 Å². The van der Waals surface area contributed by atoms with E-state index in [0.29, 0.717) is 38.0 Å². The van der Waals surface area contributed by atoms with Crippen LogP contribution in [0.2, 0.25) is 0 Å². The van der Waals surface area contributed by atoms with Gasteiger partial charge in [0, 0.05) is 30.9 Å². The van der Waals surface area contributed by atoms with Crippen molar-refractivity contribution < 1.29 is 18.8 Å². The first kappa shape index (κ1) is 23.4. The SMILES string of the molecule is CCCN(CC(=O)Nc1ccccc1C)C(=O)C1CCCN(C(=O)c2ccc(F)cc2)C1. The minimum absolute atomic E-state index is 0.0244. The predicted molar refractivity (Wildman–Crippen MR) is 122 cm³/mol. The van der Waals surface area contributed by atoms with Gasteiger partial charge in [-0.2, -0.15) is 0 Å². The fourth-order valence-electron chi connectivity index (χ4n) is 4.01. The van der Waals surface area contributed by atoms with E-state index in [1.54, 1.807) is 9.80 Å². The van der Waals surface area contributed by atoms with Crippen LogP contribution >= 0.6 is 0 Å². The lowest BCUT2D eigenvalue weighted by molar-refractivity contribution is -0.139. The molecule has 3 rings (SSSR count). The van der Waals surface area contributed by atoms with Crippen LogP contribution < -0.4 is 5.32 Å². The zero-order chi connectivity index (χ0) is 23.1. The number of hydrogen-bond acceptors (Lipinski definition) is 3. The van der Waals surface area contributed by atoms with Gasteiger partial charge < -0.3 is 15.1 Å². The molecule has 7 heteroatoms. The molecule has 0 aliphatic carbocycles. The number of benzene rings is 2. The lowest BCUT2D eigenvalue weighted by atomic mass is 9.95. The second-order valence-electron chi connectivity index (χ2n) is 8.22. The number of piperidine rings is 1. The summed E-state index contributed by atoms with van der Waals surface area (Å²) in [5.74, 6) is -1.31. The van der Waals surface area contributed by atoms with Crippen LogP contribution in [-0.2, 0) is 9.59 Å². The van der Waals surface area contributed by atoms with Gasteiger partial charge in [0.25, 0.3) is 5.91 Å². The molecular formula is C25H30FN3O3. The first-order valence-electron chi connectivity index (χ1n) is 11.1. The summed E-state index contributed by atoms with van der Waals surface area (Å²) in [5.41, 5.74) is 2.09. The molecule has 32 heavy (non-hydrogen) atoms. The van der Waals surface area contributed by atoms with Gasteiger partial charge in [0.2, 0.25) is 11.8 Å². The molecule has 0 aromatic heterocycles. The molecular weight excluding hydrogens is 409 g/mol. The number of likely N-dealkylation sites (tertiary alicyclic amines) is 1. The number of amides is 3. The maximum Gasteiger partial charge on any atom is 0.253 e. The lowest BCUT2D eigenvalue weighted by Gasteiger charge is -2.35. The number of anilines is 1. The smallest absolute Gasteiger partial charge is 0.253 e. The Labute approximate surface area is 188 Å². The van der Waals surface area contributed by atoms with Crippen molar-refractivity contribution in [2.24, 2.45) is 5.92 Å². The molecule has 0 bridgehead atoms. The van der Waals surface area contributed by atoms with Crippen LogP contribution in [0, 0.1) is 18.7 Å². The van der Waals surface area contributed by atoms with Crippen LogP contribution in [0.5, 0.6) is 0 Å². The molecule has 0 spiro atoms. The molecule has 1 saturated heterocycles. The first-order valence-corrected chi connectivity index (χ1v) is 11.1. The highest BCUT2D eigenvalue weighted by molar-refractivity contribution is 5.96. The third-order valence-corrected chi connectivity index (χ3v) is 5.71. The number of nitrogens with one attached hydrogen (secondary N) is 1. The van der Waals surface area contributed by atoms with Gasteiger partial charge in [-0.1, -0.05) is 25.1 Å². The number of para-hydroxylation sites is 1. The van der Waals surface area contributed by atoms with Crippen LogP contribution in [-0.4, -0.2) is 53.7 Å². The van der Waals surface area contributed by atoms with Gasteiger partial charge in [-0.15, -0.1) is 0 Å². The van der Waals surface area contributed by atoms with Gasteiger partial charge in [0.1, 0.15) is 5.82 Å². The summed E-state index contributed by atoms with van der Waals surface area (Å²) in [6.45, 7) is 5.19. The number of carbonyl (C=O) groups excluding carboxylic acids is 3. The molecule has 1 heterocycles. The van der Waals surface area contributed by atoms with Crippen LogP contribution in [0.25, 0.3) is 0 Å². The number of nitrogens with zero attached hydrogens (tertiary/aromatic N) is 2. The third kappa shape index (κ3) is 5.93. The molecule has 2 aromatic carbocycles. The second kappa shape index (κ2) is 10.9. The molecule has 1 unspecified atom stereocenters. The fraction of sp³-hybridized carbons (Fsp3) is 0.400.